The number of hydrogen-bond acceptors (Lipinski definition) is 4. The minimum atomic E-state index is -0.281. The summed E-state index contributed by atoms with van der Waals surface area (Å²) < 4.78 is 7.23. The van der Waals surface area contributed by atoms with Gasteiger partial charge in [-0.15, -0.1) is 0 Å². The van der Waals surface area contributed by atoms with Gasteiger partial charge in [0.2, 0.25) is 5.88 Å². The molecule has 3 aromatic rings. The van der Waals surface area contributed by atoms with Crippen molar-refractivity contribution < 1.29 is 14.3 Å². The Labute approximate surface area is 204 Å². The highest BCUT2D eigenvalue weighted by molar-refractivity contribution is 6.37. The minimum Gasteiger partial charge on any atom is -0.481 e. The summed E-state index contributed by atoms with van der Waals surface area (Å²) in [5.41, 5.74) is 5.57. The molecule has 2 aromatic heterocycles. The summed E-state index contributed by atoms with van der Waals surface area (Å²) >= 11 is 6.62. The van der Waals surface area contributed by atoms with Crippen LogP contribution in [-0.4, -0.2) is 34.9 Å². The van der Waals surface area contributed by atoms with E-state index in [4.69, 9.17) is 16.3 Å². The third-order valence-electron chi connectivity index (χ3n) is 6.11. The summed E-state index contributed by atoms with van der Waals surface area (Å²) in [4.78, 5) is 30.2. The number of nitrogens with zero attached hydrogens (tertiary/aromatic N) is 2. The van der Waals surface area contributed by atoms with Crippen molar-refractivity contribution in [1.29, 1.82) is 0 Å². The molecular formula is C27H28ClN3O3. The lowest BCUT2D eigenvalue weighted by atomic mass is 9.92. The fraction of sp³-hybridized carbons (Fsp3) is 0.296. The molecule has 1 aromatic carbocycles. The van der Waals surface area contributed by atoms with Crippen LogP contribution in [0.4, 0.5) is 0 Å². The number of hydrogen-bond donors (Lipinski definition) is 1. The Morgan fingerprint density at radius 1 is 1.24 bits per heavy atom. The molecule has 0 atom stereocenters. The van der Waals surface area contributed by atoms with E-state index in [0.29, 0.717) is 33.8 Å². The van der Waals surface area contributed by atoms with E-state index >= 15 is 0 Å². The molecule has 0 fully saturated rings. The first-order valence-corrected chi connectivity index (χ1v) is 11.6. The summed E-state index contributed by atoms with van der Waals surface area (Å²) in [7, 11) is 1.57. The second-order valence-electron chi connectivity index (χ2n) is 8.92. The van der Waals surface area contributed by atoms with Crippen LogP contribution in [0.15, 0.2) is 59.5 Å². The molecule has 34 heavy (non-hydrogen) atoms. The molecule has 1 N–H and O–H groups in total. The Morgan fingerprint density at radius 3 is 2.62 bits per heavy atom. The molecule has 0 bridgehead atoms. The Kier molecular flexibility index (Phi) is 6.62. The normalized spacial score (nSPS) is 14.1. The molecule has 1 aliphatic rings. The number of methoxy groups -OCH3 is 1. The van der Waals surface area contributed by atoms with Gasteiger partial charge in [-0.25, -0.2) is 4.98 Å². The number of carbonyl (C=O) groups is 2. The maximum Gasteiger partial charge on any atom is 0.252 e. The number of aromatic nitrogens is 2. The van der Waals surface area contributed by atoms with Crippen molar-refractivity contribution >= 4 is 34.2 Å². The first-order chi connectivity index (χ1) is 16.2. The number of pyridine rings is 1. The molecule has 1 aliphatic carbocycles. The fourth-order valence-corrected chi connectivity index (χ4v) is 4.68. The molecule has 0 saturated heterocycles. The van der Waals surface area contributed by atoms with Crippen LogP contribution >= 0.6 is 11.6 Å². The molecule has 0 unspecified atom stereocenters. The number of carbonyl (C=O) groups excluding carboxylic acids is 2. The monoisotopic (exact) mass is 477 g/mol. The first-order valence-electron chi connectivity index (χ1n) is 11.2. The van der Waals surface area contributed by atoms with Crippen LogP contribution in [0.5, 0.6) is 5.88 Å². The summed E-state index contributed by atoms with van der Waals surface area (Å²) in [6, 6.07) is 7.69. The van der Waals surface area contributed by atoms with E-state index in [1.165, 1.54) is 0 Å². The molecule has 2 heterocycles. The van der Waals surface area contributed by atoms with E-state index in [9.17, 15) is 9.59 Å². The van der Waals surface area contributed by atoms with Crippen LogP contribution in [0.1, 0.15) is 50.5 Å². The molecule has 7 heteroatoms. The van der Waals surface area contributed by atoms with Crippen molar-refractivity contribution in [3.63, 3.8) is 0 Å². The highest BCUT2D eigenvalue weighted by Gasteiger charge is 2.22. The van der Waals surface area contributed by atoms with E-state index in [0.717, 1.165) is 27.8 Å². The lowest BCUT2D eigenvalue weighted by Crippen LogP contribution is -2.29. The van der Waals surface area contributed by atoms with Crippen LogP contribution in [0.3, 0.4) is 0 Å². The molecule has 1 amide bonds. The summed E-state index contributed by atoms with van der Waals surface area (Å²) in [5, 5.41) is 4.15. The van der Waals surface area contributed by atoms with Crippen LogP contribution < -0.4 is 10.1 Å². The van der Waals surface area contributed by atoms with Crippen LogP contribution in [0.25, 0.3) is 22.0 Å². The maximum atomic E-state index is 13.4. The third-order valence-corrected chi connectivity index (χ3v) is 6.39. The average Bonchev–Trinajstić information content (AvgIpc) is 3.14. The van der Waals surface area contributed by atoms with E-state index in [-0.39, 0.29) is 24.3 Å². The van der Waals surface area contributed by atoms with Gasteiger partial charge in [-0.3, -0.25) is 9.59 Å². The number of allylic oxidation sites excluding steroid dienone is 3. The SMILES string of the molecule is COc1ccc(-c2cc(C(=O)NCC3=C(C)C=C(C)CC3=O)c3c(Cl)cn(C(C)C)c3c2)cn1. The van der Waals surface area contributed by atoms with Gasteiger partial charge in [-0.1, -0.05) is 23.3 Å². The van der Waals surface area contributed by atoms with Gasteiger partial charge in [0.15, 0.2) is 5.78 Å². The molecule has 0 saturated carbocycles. The van der Waals surface area contributed by atoms with Gasteiger partial charge < -0.3 is 14.6 Å². The van der Waals surface area contributed by atoms with Crippen LogP contribution in [0, 0.1) is 0 Å². The number of rotatable bonds is 6. The zero-order valence-electron chi connectivity index (χ0n) is 20.0. The fourth-order valence-electron chi connectivity index (χ4n) is 4.37. The number of nitrogens with one attached hydrogen (secondary N) is 1. The Bertz CT molecular complexity index is 1350. The van der Waals surface area contributed by atoms with Gasteiger partial charge in [-0.05, 0) is 57.0 Å². The lowest BCUT2D eigenvalue weighted by molar-refractivity contribution is -0.115. The number of ether oxygens (including phenoxy) is 1. The Hall–Kier alpha value is -3.38. The number of Topliss-reactive ketones (excluding diaryl/α,β-unsaturated/α-hetero) is 1. The van der Waals surface area contributed by atoms with Gasteiger partial charge in [-0.2, -0.15) is 0 Å². The van der Waals surface area contributed by atoms with E-state index in [2.05, 4.69) is 28.7 Å². The number of amides is 1. The smallest absolute Gasteiger partial charge is 0.252 e. The largest absolute Gasteiger partial charge is 0.481 e. The number of fused-ring (bicyclic) bond motifs is 1. The Morgan fingerprint density at radius 2 is 2.00 bits per heavy atom. The molecule has 0 spiro atoms. The molecule has 4 rings (SSSR count). The number of halogens is 1. The van der Waals surface area contributed by atoms with Crippen molar-refractivity contribution in [1.82, 2.24) is 14.9 Å². The number of ketones is 1. The zero-order valence-corrected chi connectivity index (χ0v) is 20.8. The van der Waals surface area contributed by atoms with Gasteiger partial charge >= 0.3 is 0 Å². The molecule has 0 aliphatic heterocycles. The predicted octanol–water partition coefficient (Wildman–Crippen LogP) is 5.91. The summed E-state index contributed by atoms with van der Waals surface area (Å²) in [5.74, 6) is 0.280. The van der Waals surface area contributed by atoms with Crippen molar-refractivity contribution in [2.45, 2.75) is 40.2 Å². The lowest BCUT2D eigenvalue weighted by Gasteiger charge is -2.17. The minimum absolute atomic E-state index is 0.0463. The van der Waals surface area contributed by atoms with Crippen molar-refractivity contribution in [3.8, 4) is 17.0 Å². The number of benzene rings is 1. The molecular weight excluding hydrogens is 450 g/mol. The van der Waals surface area contributed by atoms with E-state index < -0.39 is 0 Å². The van der Waals surface area contributed by atoms with Gasteiger partial charge in [0.25, 0.3) is 5.91 Å². The highest BCUT2D eigenvalue weighted by atomic mass is 35.5. The molecule has 0 radical (unpaired) electrons. The van der Waals surface area contributed by atoms with Crippen molar-refractivity contribution in [3.05, 3.63) is 70.0 Å². The topological polar surface area (TPSA) is 73.2 Å². The zero-order chi connectivity index (χ0) is 24.6. The average molecular weight is 478 g/mol. The molecule has 6 nitrogen and oxygen atoms in total. The van der Waals surface area contributed by atoms with Crippen LogP contribution in [0.2, 0.25) is 5.02 Å². The van der Waals surface area contributed by atoms with Crippen LogP contribution in [-0.2, 0) is 4.79 Å². The summed E-state index contributed by atoms with van der Waals surface area (Å²) in [6.07, 6.45) is 5.96. The summed E-state index contributed by atoms with van der Waals surface area (Å²) in [6.45, 7) is 8.14. The van der Waals surface area contributed by atoms with E-state index in [1.807, 2.05) is 44.3 Å². The molecule has 176 valence electrons. The van der Waals surface area contributed by atoms with Gasteiger partial charge in [0.05, 0.1) is 23.2 Å². The highest BCUT2D eigenvalue weighted by Crippen LogP contribution is 2.35. The first kappa shape index (κ1) is 23.8. The predicted molar refractivity (Wildman–Crippen MR) is 136 cm³/mol. The Balaban J connectivity index is 1.78. The third kappa shape index (κ3) is 4.50. The maximum absolute atomic E-state index is 13.4. The second kappa shape index (κ2) is 9.47. The second-order valence-corrected chi connectivity index (χ2v) is 9.33. The van der Waals surface area contributed by atoms with Crippen molar-refractivity contribution in [2.75, 3.05) is 13.7 Å². The van der Waals surface area contributed by atoms with E-state index in [1.54, 1.807) is 19.4 Å². The van der Waals surface area contributed by atoms with Crippen molar-refractivity contribution in [2.24, 2.45) is 0 Å². The quantitative estimate of drug-likeness (QED) is 0.478. The van der Waals surface area contributed by atoms with Gasteiger partial charge in [0, 0.05) is 54.0 Å². The van der Waals surface area contributed by atoms with Gasteiger partial charge in [0.1, 0.15) is 0 Å². The standard InChI is InChI=1S/C27H28ClN3O3/c1-15(2)31-14-22(28)26-20(27(33)30-13-21-17(4)8-16(3)9-24(21)32)10-19(11-23(26)31)18-6-7-25(34-5)29-12-18/h6-8,10-12,14-15H,9,13H2,1-5H3,(H,30,33).